The van der Waals surface area contributed by atoms with Crippen molar-refractivity contribution in [2.24, 2.45) is 0 Å². The van der Waals surface area contributed by atoms with Gasteiger partial charge in [-0.25, -0.2) is 8.42 Å². The molecule has 126 valence electrons. The van der Waals surface area contributed by atoms with Gasteiger partial charge < -0.3 is 4.74 Å². The molecular weight excluding hydrogens is 402 g/mol. The van der Waals surface area contributed by atoms with Gasteiger partial charge in [-0.3, -0.25) is 0 Å². The molecule has 3 rings (SSSR count). The molecule has 1 aliphatic heterocycles. The fourth-order valence-corrected chi connectivity index (χ4v) is 3.91. The van der Waals surface area contributed by atoms with Gasteiger partial charge in [0.2, 0.25) is 9.84 Å². The quantitative estimate of drug-likeness (QED) is 0.692. The SMILES string of the molecule is CC1Oc2ccccc2C=C1/C=C(\C#N)S(=O)(=O)c1ccc(Br)cc1. The van der Waals surface area contributed by atoms with Crippen molar-refractivity contribution in [3.05, 3.63) is 75.1 Å². The van der Waals surface area contributed by atoms with Crippen molar-refractivity contribution < 1.29 is 13.2 Å². The van der Waals surface area contributed by atoms with E-state index in [9.17, 15) is 13.7 Å². The van der Waals surface area contributed by atoms with Crippen molar-refractivity contribution in [3.63, 3.8) is 0 Å². The van der Waals surface area contributed by atoms with Crippen LogP contribution < -0.4 is 4.74 Å². The topological polar surface area (TPSA) is 67.2 Å². The lowest BCUT2D eigenvalue weighted by Gasteiger charge is -2.23. The molecule has 25 heavy (non-hydrogen) atoms. The van der Waals surface area contributed by atoms with Gasteiger partial charge in [0.05, 0.1) is 4.90 Å². The zero-order valence-electron chi connectivity index (χ0n) is 13.3. The summed E-state index contributed by atoms with van der Waals surface area (Å²) in [5.41, 5.74) is 1.49. The lowest BCUT2D eigenvalue weighted by Crippen LogP contribution is -2.18. The molecule has 4 nitrogen and oxygen atoms in total. The Hall–Kier alpha value is -2.36. The third kappa shape index (κ3) is 3.53. The van der Waals surface area contributed by atoms with Crippen LogP contribution in [0, 0.1) is 11.3 Å². The van der Waals surface area contributed by atoms with E-state index in [2.05, 4.69) is 15.9 Å². The number of allylic oxidation sites excluding steroid dienone is 1. The molecule has 0 saturated carbocycles. The minimum atomic E-state index is -3.89. The molecule has 0 aliphatic carbocycles. The number of para-hydroxylation sites is 1. The lowest BCUT2D eigenvalue weighted by atomic mass is 10.0. The molecular formula is C19H14BrNO3S. The third-order valence-corrected chi connectivity index (χ3v) is 6.05. The van der Waals surface area contributed by atoms with E-state index in [4.69, 9.17) is 4.74 Å². The molecule has 0 saturated heterocycles. The van der Waals surface area contributed by atoms with Crippen LogP contribution in [0.1, 0.15) is 12.5 Å². The third-order valence-electron chi connectivity index (χ3n) is 3.84. The minimum absolute atomic E-state index is 0.0777. The van der Waals surface area contributed by atoms with E-state index >= 15 is 0 Å². The standard InChI is InChI=1S/C19H14BrNO3S/c1-13-15(10-14-4-2-3-5-19(14)24-13)11-18(12-21)25(22,23)17-8-6-16(20)7-9-17/h2-11,13H,1H3/b18-11+. The van der Waals surface area contributed by atoms with Gasteiger partial charge in [-0.05, 0) is 55.0 Å². The average molecular weight is 416 g/mol. The summed E-state index contributed by atoms with van der Waals surface area (Å²) in [6.07, 6.45) is 2.88. The largest absolute Gasteiger partial charge is 0.485 e. The molecule has 1 heterocycles. The predicted octanol–water partition coefficient (Wildman–Crippen LogP) is 4.49. The Balaban J connectivity index is 2.05. The summed E-state index contributed by atoms with van der Waals surface area (Å²) in [5, 5.41) is 9.41. The van der Waals surface area contributed by atoms with Gasteiger partial charge in [-0.2, -0.15) is 5.26 Å². The van der Waals surface area contributed by atoms with Gasteiger partial charge >= 0.3 is 0 Å². The number of hydrogen-bond acceptors (Lipinski definition) is 4. The molecule has 2 aromatic rings. The molecule has 1 aliphatic rings. The molecule has 2 aromatic carbocycles. The number of fused-ring (bicyclic) bond motifs is 1. The van der Waals surface area contributed by atoms with Gasteiger partial charge in [-0.15, -0.1) is 0 Å². The number of nitrogens with zero attached hydrogens (tertiary/aromatic N) is 1. The van der Waals surface area contributed by atoms with Crippen molar-refractivity contribution >= 4 is 31.8 Å². The van der Waals surface area contributed by atoms with Crippen LogP contribution in [-0.4, -0.2) is 14.5 Å². The van der Waals surface area contributed by atoms with E-state index in [1.165, 1.54) is 18.2 Å². The zero-order valence-corrected chi connectivity index (χ0v) is 15.7. The van der Waals surface area contributed by atoms with Crippen LogP contribution in [0.2, 0.25) is 0 Å². The maximum Gasteiger partial charge on any atom is 0.216 e. The van der Waals surface area contributed by atoms with Crippen LogP contribution in [0.25, 0.3) is 6.08 Å². The second-order valence-corrected chi connectivity index (χ2v) is 8.35. The summed E-state index contributed by atoms with van der Waals surface area (Å²) in [6.45, 7) is 1.82. The van der Waals surface area contributed by atoms with E-state index in [1.54, 1.807) is 12.1 Å². The molecule has 0 spiro atoms. The highest BCUT2D eigenvalue weighted by Gasteiger charge is 2.24. The molecule has 1 atom stereocenters. The monoisotopic (exact) mass is 415 g/mol. The van der Waals surface area contributed by atoms with Crippen molar-refractivity contribution in [3.8, 4) is 11.8 Å². The highest BCUT2D eigenvalue weighted by molar-refractivity contribution is 9.10. The van der Waals surface area contributed by atoms with Crippen LogP contribution in [0.4, 0.5) is 0 Å². The first-order valence-corrected chi connectivity index (χ1v) is 9.79. The fraction of sp³-hybridized carbons (Fsp3) is 0.105. The van der Waals surface area contributed by atoms with E-state index in [1.807, 2.05) is 43.3 Å². The summed E-state index contributed by atoms with van der Waals surface area (Å²) in [7, 11) is -3.89. The first-order valence-electron chi connectivity index (χ1n) is 7.51. The molecule has 0 bridgehead atoms. The van der Waals surface area contributed by atoms with Crippen LogP contribution in [0.15, 0.2) is 74.5 Å². The van der Waals surface area contributed by atoms with Crippen molar-refractivity contribution in [1.82, 2.24) is 0 Å². The van der Waals surface area contributed by atoms with Crippen molar-refractivity contribution in [2.45, 2.75) is 17.9 Å². The van der Waals surface area contributed by atoms with Gasteiger partial charge in [0.25, 0.3) is 0 Å². The Kier molecular flexibility index (Phi) is 4.80. The van der Waals surface area contributed by atoms with Crippen LogP contribution in [0.5, 0.6) is 5.75 Å². The van der Waals surface area contributed by atoms with Crippen LogP contribution >= 0.6 is 15.9 Å². The van der Waals surface area contributed by atoms with Gasteiger partial charge in [0.1, 0.15) is 22.8 Å². The molecule has 0 radical (unpaired) electrons. The Morgan fingerprint density at radius 1 is 1.20 bits per heavy atom. The predicted molar refractivity (Wildman–Crippen MR) is 99.5 cm³/mol. The first-order chi connectivity index (χ1) is 11.9. The fourth-order valence-electron chi connectivity index (χ4n) is 2.48. The molecule has 0 amide bonds. The maximum atomic E-state index is 12.7. The van der Waals surface area contributed by atoms with Gasteiger partial charge in [0, 0.05) is 10.0 Å². The minimum Gasteiger partial charge on any atom is -0.485 e. The van der Waals surface area contributed by atoms with Crippen molar-refractivity contribution in [1.29, 1.82) is 5.26 Å². The number of sulfone groups is 1. The number of hydrogen-bond donors (Lipinski definition) is 0. The first kappa shape index (κ1) is 17.5. The summed E-state index contributed by atoms with van der Waals surface area (Å²) < 4.78 is 32.0. The Morgan fingerprint density at radius 3 is 2.56 bits per heavy atom. The highest BCUT2D eigenvalue weighted by Crippen LogP contribution is 2.31. The van der Waals surface area contributed by atoms with Gasteiger partial charge in [0.15, 0.2) is 0 Å². The second kappa shape index (κ2) is 6.87. The number of nitriles is 1. The highest BCUT2D eigenvalue weighted by atomic mass is 79.9. The van der Waals surface area contributed by atoms with E-state index in [0.29, 0.717) is 5.57 Å². The van der Waals surface area contributed by atoms with E-state index < -0.39 is 9.84 Å². The zero-order chi connectivity index (χ0) is 18.0. The molecule has 6 heteroatoms. The molecule has 0 fully saturated rings. The summed E-state index contributed by atoms with van der Waals surface area (Å²) in [5.74, 6) is 0.737. The number of benzene rings is 2. The molecule has 1 unspecified atom stereocenters. The Bertz CT molecular complexity index is 1020. The molecule has 0 aromatic heterocycles. The Labute approximate surface area is 155 Å². The Morgan fingerprint density at radius 2 is 1.88 bits per heavy atom. The number of rotatable bonds is 3. The molecule has 0 N–H and O–H groups in total. The maximum absolute atomic E-state index is 12.7. The average Bonchev–Trinajstić information content (AvgIpc) is 2.60. The van der Waals surface area contributed by atoms with Crippen LogP contribution in [0.3, 0.4) is 0 Å². The number of ether oxygens (including phenoxy) is 1. The summed E-state index contributed by atoms with van der Waals surface area (Å²) in [4.78, 5) is -0.232. The second-order valence-electron chi connectivity index (χ2n) is 5.52. The van der Waals surface area contributed by atoms with E-state index in [0.717, 1.165) is 15.8 Å². The summed E-state index contributed by atoms with van der Waals surface area (Å²) in [6, 6.07) is 15.5. The normalized spacial score (nSPS) is 17.1. The van der Waals surface area contributed by atoms with Crippen LogP contribution in [-0.2, 0) is 9.84 Å². The smallest absolute Gasteiger partial charge is 0.216 e. The van der Waals surface area contributed by atoms with E-state index in [-0.39, 0.29) is 15.9 Å². The summed E-state index contributed by atoms with van der Waals surface area (Å²) >= 11 is 3.27. The van der Waals surface area contributed by atoms with Gasteiger partial charge in [-0.1, -0.05) is 34.1 Å². The number of halogens is 1. The van der Waals surface area contributed by atoms with Crippen molar-refractivity contribution in [2.75, 3.05) is 0 Å². The lowest BCUT2D eigenvalue weighted by molar-refractivity contribution is 0.257.